The summed E-state index contributed by atoms with van der Waals surface area (Å²) in [5, 5.41) is 6.44. The molecule has 3 rings (SSSR count). The number of aryl methyl sites for hydroxylation is 2. The minimum atomic E-state index is -3.78. The van der Waals surface area contributed by atoms with Crippen molar-refractivity contribution in [1.29, 1.82) is 0 Å². The minimum absolute atomic E-state index is 0.00677. The number of carbonyl (C=O) groups excluding carboxylic acids is 1. The summed E-state index contributed by atoms with van der Waals surface area (Å²) >= 11 is 0. The molecule has 1 atom stereocenters. The van der Waals surface area contributed by atoms with Crippen LogP contribution in [0.2, 0.25) is 0 Å². The standard InChI is InChI=1S/C17H21N5O4S/c1-10-16(12(3)26-22-10)27(24,25)18-9-8-15(23)19-11(2)17-20-13-6-4-5-7-14(13)21-17/h4-7,11,18H,8-9H2,1-3H3,(H,19,23)(H,20,21)/t11-/m1/s1. The second-order valence-electron chi connectivity index (χ2n) is 6.23. The van der Waals surface area contributed by atoms with Crippen molar-refractivity contribution in [3.8, 4) is 0 Å². The lowest BCUT2D eigenvalue weighted by molar-refractivity contribution is -0.121. The summed E-state index contributed by atoms with van der Waals surface area (Å²) in [6, 6.07) is 7.25. The maximum atomic E-state index is 12.3. The average molecular weight is 391 g/mol. The summed E-state index contributed by atoms with van der Waals surface area (Å²) in [6.45, 7) is 4.85. The molecule has 2 aromatic heterocycles. The van der Waals surface area contributed by atoms with Crippen LogP contribution in [0, 0.1) is 13.8 Å². The molecule has 10 heteroatoms. The number of H-pyrrole nitrogens is 1. The van der Waals surface area contributed by atoms with E-state index in [1.54, 1.807) is 6.92 Å². The van der Waals surface area contributed by atoms with Gasteiger partial charge >= 0.3 is 0 Å². The van der Waals surface area contributed by atoms with Crippen LogP contribution in [0.5, 0.6) is 0 Å². The summed E-state index contributed by atoms with van der Waals surface area (Å²) in [7, 11) is -3.78. The van der Waals surface area contributed by atoms with Crippen molar-refractivity contribution in [3.63, 3.8) is 0 Å². The van der Waals surface area contributed by atoms with Crippen LogP contribution in [0.4, 0.5) is 0 Å². The van der Waals surface area contributed by atoms with Gasteiger partial charge in [0.25, 0.3) is 0 Å². The molecule has 0 bridgehead atoms. The molecule has 0 aliphatic heterocycles. The molecular formula is C17H21N5O4S. The first-order valence-electron chi connectivity index (χ1n) is 8.44. The highest BCUT2D eigenvalue weighted by Crippen LogP contribution is 2.18. The Hall–Kier alpha value is -2.72. The summed E-state index contributed by atoms with van der Waals surface area (Å²) in [6.07, 6.45) is -0.00677. The average Bonchev–Trinajstić information content (AvgIpc) is 3.18. The van der Waals surface area contributed by atoms with Gasteiger partial charge < -0.3 is 14.8 Å². The van der Waals surface area contributed by atoms with Gasteiger partial charge in [0.05, 0.1) is 17.1 Å². The van der Waals surface area contributed by atoms with Crippen LogP contribution in [-0.4, -0.2) is 36.0 Å². The van der Waals surface area contributed by atoms with Crippen LogP contribution in [0.25, 0.3) is 11.0 Å². The normalized spacial score (nSPS) is 13.0. The smallest absolute Gasteiger partial charge is 0.245 e. The van der Waals surface area contributed by atoms with Crippen LogP contribution in [0.15, 0.2) is 33.7 Å². The van der Waals surface area contributed by atoms with Crippen molar-refractivity contribution in [2.75, 3.05) is 6.54 Å². The Balaban J connectivity index is 1.55. The second kappa shape index (κ2) is 7.49. The molecule has 1 amide bonds. The molecule has 0 aliphatic carbocycles. The zero-order chi connectivity index (χ0) is 19.6. The molecule has 1 aromatic carbocycles. The van der Waals surface area contributed by atoms with E-state index in [1.807, 2.05) is 31.2 Å². The number of carbonyl (C=O) groups is 1. The number of sulfonamides is 1. The molecule has 0 spiro atoms. The van der Waals surface area contributed by atoms with E-state index in [2.05, 4.69) is 25.2 Å². The largest absolute Gasteiger partial charge is 0.360 e. The fraction of sp³-hybridized carbons (Fsp3) is 0.353. The number of aromatic nitrogens is 3. The molecule has 2 heterocycles. The Morgan fingerprint density at radius 3 is 2.70 bits per heavy atom. The summed E-state index contributed by atoms with van der Waals surface area (Å²) in [5.74, 6) is 0.563. The van der Waals surface area contributed by atoms with Gasteiger partial charge in [0.1, 0.15) is 16.4 Å². The number of benzene rings is 1. The first kappa shape index (κ1) is 19.1. The van der Waals surface area contributed by atoms with Gasteiger partial charge in [-0.25, -0.2) is 18.1 Å². The Labute approximate surface area is 156 Å². The van der Waals surface area contributed by atoms with Crippen LogP contribution < -0.4 is 10.0 Å². The van der Waals surface area contributed by atoms with Crippen LogP contribution in [0.1, 0.15) is 36.7 Å². The molecule has 3 aromatic rings. The number of nitrogens with one attached hydrogen (secondary N) is 3. The number of hydrogen-bond acceptors (Lipinski definition) is 6. The van der Waals surface area contributed by atoms with Crippen molar-refractivity contribution < 1.29 is 17.7 Å². The van der Waals surface area contributed by atoms with Gasteiger partial charge in [-0.2, -0.15) is 0 Å². The first-order chi connectivity index (χ1) is 12.8. The monoisotopic (exact) mass is 391 g/mol. The third-order valence-corrected chi connectivity index (χ3v) is 5.78. The molecule has 0 radical (unpaired) electrons. The number of fused-ring (bicyclic) bond motifs is 1. The Kier molecular flexibility index (Phi) is 5.29. The van der Waals surface area contributed by atoms with E-state index in [0.29, 0.717) is 5.82 Å². The zero-order valence-electron chi connectivity index (χ0n) is 15.2. The summed E-state index contributed by atoms with van der Waals surface area (Å²) < 4.78 is 31.9. The van der Waals surface area contributed by atoms with Gasteiger partial charge in [-0.05, 0) is 32.9 Å². The SMILES string of the molecule is Cc1noc(C)c1S(=O)(=O)NCCC(=O)N[C@H](C)c1nc2ccccc2[nH]1. The first-order valence-corrected chi connectivity index (χ1v) is 9.93. The number of imidazole rings is 1. The van der Waals surface area contributed by atoms with Crippen molar-refractivity contribution in [1.82, 2.24) is 25.2 Å². The lowest BCUT2D eigenvalue weighted by Crippen LogP contribution is -2.32. The lowest BCUT2D eigenvalue weighted by Gasteiger charge is -2.12. The number of rotatable bonds is 7. The Morgan fingerprint density at radius 2 is 2.04 bits per heavy atom. The van der Waals surface area contributed by atoms with Gasteiger partial charge in [0.2, 0.25) is 15.9 Å². The van der Waals surface area contributed by atoms with E-state index in [4.69, 9.17) is 4.52 Å². The predicted molar refractivity (Wildman–Crippen MR) is 98.4 cm³/mol. The van der Waals surface area contributed by atoms with Gasteiger partial charge in [-0.1, -0.05) is 17.3 Å². The van der Waals surface area contributed by atoms with E-state index >= 15 is 0 Å². The van der Waals surface area contributed by atoms with E-state index in [1.165, 1.54) is 6.92 Å². The molecule has 144 valence electrons. The fourth-order valence-corrected chi connectivity index (χ4v) is 4.15. The zero-order valence-corrected chi connectivity index (χ0v) is 16.1. The maximum Gasteiger partial charge on any atom is 0.245 e. The molecule has 27 heavy (non-hydrogen) atoms. The van der Waals surface area contributed by atoms with E-state index in [-0.39, 0.29) is 41.3 Å². The third kappa shape index (κ3) is 4.17. The molecule has 0 fully saturated rings. The van der Waals surface area contributed by atoms with Crippen molar-refractivity contribution in [2.24, 2.45) is 0 Å². The predicted octanol–water partition coefficient (Wildman–Crippen LogP) is 1.71. The van der Waals surface area contributed by atoms with Crippen molar-refractivity contribution in [2.45, 2.75) is 38.1 Å². The molecule has 0 saturated carbocycles. The van der Waals surface area contributed by atoms with E-state index in [9.17, 15) is 13.2 Å². The number of nitrogens with zero attached hydrogens (tertiary/aromatic N) is 2. The van der Waals surface area contributed by atoms with Crippen molar-refractivity contribution >= 4 is 27.0 Å². The topological polar surface area (TPSA) is 130 Å². The Bertz CT molecular complexity index is 1020. The number of hydrogen-bond donors (Lipinski definition) is 3. The quantitative estimate of drug-likeness (QED) is 0.562. The lowest BCUT2D eigenvalue weighted by atomic mass is 10.3. The molecule has 3 N–H and O–H groups in total. The molecule has 0 saturated heterocycles. The van der Waals surface area contributed by atoms with E-state index in [0.717, 1.165) is 11.0 Å². The molecular weight excluding hydrogens is 370 g/mol. The van der Waals surface area contributed by atoms with Crippen LogP contribution >= 0.6 is 0 Å². The second-order valence-corrected chi connectivity index (χ2v) is 7.93. The summed E-state index contributed by atoms with van der Waals surface area (Å²) in [5.41, 5.74) is 1.99. The van der Waals surface area contributed by atoms with E-state index < -0.39 is 10.0 Å². The van der Waals surface area contributed by atoms with Gasteiger partial charge in [0.15, 0.2) is 5.76 Å². The summed E-state index contributed by atoms with van der Waals surface area (Å²) in [4.78, 5) is 19.7. The highest BCUT2D eigenvalue weighted by molar-refractivity contribution is 7.89. The van der Waals surface area contributed by atoms with Crippen LogP contribution in [0.3, 0.4) is 0 Å². The van der Waals surface area contributed by atoms with Gasteiger partial charge in [0, 0.05) is 13.0 Å². The number of para-hydroxylation sites is 2. The number of aromatic amines is 1. The molecule has 0 unspecified atom stereocenters. The van der Waals surface area contributed by atoms with Gasteiger partial charge in [-0.3, -0.25) is 4.79 Å². The molecule has 0 aliphatic rings. The fourth-order valence-electron chi connectivity index (χ4n) is 2.79. The number of amides is 1. The minimum Gasteiger partial charge on any atom is -0.360 e. The third-order valence-electron chi connectivity index (χ3n) is 4.08. The van der Waals surface area contributed by atoms with Crippen LogP contribution in [-0.2, 0) is 14.8 Å². The van der Waals surface area contributed by atoms with Gasteiger partial charge in [-0.15, -0.1) is 0 Å². The maximum absolute atomic E-state index is 12.3. The highest BCUT2D eigenvalue weighted by atomic mass is 32.2. The molecule has 9 nitrogen and oxygen atoms in total. The van der Waals surface area contributed by atoms with Crippen molar-refractivity contribution in [3.05, 3.63) is 41.5 Å². The highest BCUT2D eigenvalue weighted by Gasteiger charge is 2.24. The Morgan fingerprint density at radius 1 is 1.30 bits per heavy atom.